The lowest BCUT2D eigenvalue weighted by Gasteiger charge is -2.23. The van der Waals surface area contributed by atoms with Gasteiger partial charge in [-0.2, -0.15) is 0 Å². The van der Waals surface area contributed by atoms with Gasteiger partial charge in [0.05, 0.1) is 5.88 Å². The van der Waals surface area contributed by atoms with Gasteiger partial charge < -0.3 is 15.5 Å². The summed E-state index contributed by atoms with van der Waals surface area (Å²) in [6.07, 6.45) is 1.08. The molecule has 2 N–H and O–H groups in total. The second kappa shape index (κ2) is 8.80. The summed E-state index contributed by atoms with van der Waals surface area (Å²) in [7, 11) is 0. The molecule has 1 aliphatic rings. The molecule has 2 amide bonds. The molecule has 1 saturated heterocycles. The zero-order valence-electron chi connectivity index (χ0n) is 12.9. The monoisotopic (exact) mass is 321 g/mol. The number of nitrogens with zero attached hydrogens (tertiary/aromatic N) is 1. The smallest absolute Gasteiger partial charge is 0.255 e. The van der Waals surface area contributed by atoms with Gasteiger partial charge in [-0.05, 0) is 25.1 Å². The van der Waals surface area contributed by atoms with E-state index in [1.165, 1.54) is 0 Å². The van der Waals surface area contributed by atoms with Gasteiger partial charge in [0.15, 0.2) is 0 Å². The number of amides is 2. The summed E-state index contributed by atoms with van der Waals surface area (Å²) in [6.45, 7) is 4.40. The summed E-state index contributed by atoms with van der Waals surface area (Å²) >= 11 is 1.62. The first-order chi connectivity index (χ1) is 10.7. The minimum atomic E-state index is -0.371. The van der Waals surface area contributed by atoms with E-state index in [-0.39, 0.29) is 17.9 Å². The highest BCUT2D eigenvalue weighted by Gasteiger charge is 2.34. The van der Waals surface area contributed by atoms with Crippen molar-refractivity contribution in [2.45, 2.75) is 19.4 Å². The molecule has 0 saturated carbocycles. The Morgan fingerprint density at radius 2 is 2.00 bits per heavy atom. The van der Waals surface area contributed by atoms with Crippen molar-refractivity contribution in [1.82, 2.24) is 15.5 Å². The van der Waals surface area contributed by atoms with E-state index in [2.05, 4.69) is 17.6 Å². The van der Waals surface area contributed by atoms with Crippen LogP contribution in [0.5, 0.6) is 0 Å². The van der Waals surface area contributed by atoms with Crippen molar-refractivity contribution in [3.63, 3.8) is 0 Å². The first kappa shape index (κ1) is 16.8. The summed E-state index contributed by atoms with van der Waals surface area (Å²) in [4.78, 5) is 26.4. The maximum Gasteiger partial charge on any atom is 0.255 e. The molecule has 1 unspecified atom stereocenters. The molecule has 0 spiro atoms. The average Bonchev–Trinajstić information content (AvgIpc) is 3.04. The Hall–Kier alpha value is -1.53. The van der Waals surface area contributed by atoms with Crippen molar-refractivity contribution >= 4 is 23.6 Å². The van der Waals surface area contributed by atoms with E-state index in [0.717, 1.165) is 19.5 Å². The number of thioether (sulfide) groups is 1. The first-order valence-corrected chi connectivity index (χ1v) is 8.81. The lowest BCUT2D eigenvalue weighted by molar-refractivity contribution is -0.124. The second-order valence-electron chi connectivity index (χ2n) is 5.20. The third-order valence-electron chi connectivity index (χ3n) is 3.49. The number of nitrogens with one attached hydrogen (secondary N) is 2. The highest BCUT2D eigenvalue weighted by molar-refractivity contribution is 7.99. The van der Waals surface area contributed by atoms with Crippen LogP contribution in [0.3, 0.4) is 0 Å². The van der Waals surface area contributed by atoms with E-state index < -0.39 is 0 Å². The molecule has 0 aromatic heterocycles. The van der Waals surface area contributed by atoms with E-state index in [9.17, 15) is 9.59 Å². The number of hydrogen-bond acceptors (Lipinski definition) is 4. The van der Waals surface area contributed by atoms with Crippen LogP contribution in [0.2, 0.25) is 0 Å². The van der Waals surface area contributed by atoms with Gasteiger partial charge in [0.25, 0.3) is 5.91 Å². The lowest BCUT2D eigenvalue weighted by Crippen LogP contribution is -2.48. The predicted molar refractivity (Wildman–Crippen MR) is 89.9 cm³/mol. The molecule has 1 atom stereocenters. The maximum absolute atomic E-state index is 12.5. The standard InChI is InChI=1S/C16H23N3O2S/c1-2-8-17-9-10-18-15(20)14-11-22-12-19(14)16(21)13-6-4-3-5-7-13/h3-7,14,17H,2,8-12H2,1H3,(H,18,20). The summed E-state index contributed by atoms with van der Waals surface area (Å²) < 4.78 is 0. The van der Waals surface area contributed by atoms with Gasteiger partial charge in [-0.3, -0.25) is 9.59 Å². The van der Waals surface area contributed by atoms with Crippen molar-refractivity contribution < 1.29 is 9.59 Å². The maximum atomic E-state index is 12.5. The Labute approximate surface area is 135 Å². The molecule has 1 aromatic rings. The molecule has 1 fully saturated rings. The van der Waals surface area contributed by atoms with Crippen molar-refractivity contribution in [3.8, 4) is 0 Å². The van der Waals surface area contributed by atoms with Crippen LogP contribution in [0.25, 0.3) is 0 Å². The largest absolute Gasteiger partial charge is 0.353 e. The molecule has 2 rings (SSSR count). The number of carbonyl (C=O) groups excluding carboxylic acids is 2. The Balaban J connectivity index is 1.87. The Morgan fingerprint density at radius 1 is 1.23 bits per heavy atom. The highest BCUT2D eigenvalue weighted by atomic mass is 32.2. The normalized spacial score (nSPS) is 17.5. The second-order valence-corrected chi connectivity index (χ2v) is 6.20. The Kier molecular flexibility index (Phi) is 6.74. The van der Waals surface area contributed by atoms with E-state index >= 15 is 0 Å². The van der Waals surface area contributed by atoms with E-state index in [1.807, 2.05) is 18.2 Å². The molecule has 22 heavy (non-hydrogen) atoms. The molecule has 5 nitrogen and oxygen atoms in total. The fourth-order valence-electron chi connectivity index (χ4n) is 2.30. The van der Waals surface area contributed by atoms with E-state index in [4.69, 9.17) is 0 Å². The zero-order chi connectivity index (χ0) is 15.8. The summed E-state index contributed by atoms with van der Waals surface area (Å²) in [5, 5.41) is 6.15. The van der Waals surface area contributed by atoms with Gasteiger partial charge in [0.1, 0.15) is 6.04 Å². The molecule has 0 radical (unpaired) electrons. The number of hydrogen-bond donors (Lipinski definition) is 2. The van der Waals surface area contributed by atoms with Gasteiger partial charge >= 0.3 is 0 Å². The molecule has 1 aliphatic heterocycles. The van der Waals surface area contributed by atoms with E-state index in [0.29, 0.717) is 23.7 Å². The minimum Gasteiger partial charge on any atom is -0.353 e. The third-order valence-corrected chi connectivity index (χ3v) is 4.51. The molecular weight excluding hydrogens is 298 g/mol. The Bertz CT molecular complexity index is 495. The van der Waals surface area contributed by atoms with Gasteiger partial charge in [0.2, 0.25) is 5.91 Å². The molecule has 6 heteroatoms. The minimum absolute atomic E-state index is 0.0624. The number of rotatable bonds is 7. The van der Waals surface area contributed by atoms with Gasteiger partial charge in [-0.1, -0.05) is 25.1 Å². The van der Waals surface area contributed by atoms with Gasteiger partial charge in [0, 0.05) is 24.4 Å². The van der Waals surface area contributed by atoms with Gasteiger partial charge in [-0.25, -0.2) is 0 Å². The molecule has 1 aromatic carbocycles. The van der Waals surface area contributed by atoms with Crippen LogP contribution in [-0.4, -0.2) is 54.0 Å². The average molecular weight is 321 g/mol. The Morgan fingerprint density at radius 3 is 2.73 bits per heavy atom. The molecular formula is C16H23N3O2S. The topological polar surface area (TPSA) is 61.4 Å². The van der Waals surface area contributed by atoms with Crippen LogP contribution in [-0.2, 0) is 4.79 Å². The van der Waals surface area contributed by atoms with Crippen molar-refractivity contribution in [2.24, 2.45) is 0 Å². The fraction of sp³-hybridized carbons (Fsp3) is 0.500. The predicted octanol–water partition coefficient (Wildman–Crippen LogP) is 1.32. The first-order valence-electron chi connectivity index (χ1n) is 7.66. The van der Waals surface area contributed by atoms with Crippen LogP contribution in [0, 0.1) is 0 Å². The van der Waals surface area contributed by atoms with Gasteiger partial charge in [-0.15, -0.1) is 11.8 Å². The summed E-state index contributed by atoms with van der Waals surface area (Å²) in [5.41, 5.74) is 0.632. The van der Waals surface area contributed by atoms with Crippen molar-refractivity contribution in [1.29, 1.82) is 0 Å². The van der Waals surface area contributed by atoms with Crippen LogP contribution >= 0.6 is 11.8 Å². The number of carbonyl (C=O) groups is 2. The SMILES string of the molecule is CCCNCCNC(=O)C1CSCN1C(=O)c1ccccc1. The molecule has 0 bridgehead atoms. The third kappa shape index (κ3) is 4.48. The summed E-state index contributed by atoms with van der Waals surface area (Å²) in [6, 6.07) is 8.76. The molecule has 0 aliphatic carbocycles. The number of benzene rings is 1. The van der Waals surface area contributed by atoms with Crippen molar-refractivity contribution in [3.05, 3.63) is 35.9 Å². The molecule has 1 heterocycles. The van der Waals surface area contributed by atoms with E-state index in [1.54, 1.807) is 28.8 Å². The fourth-order valence-corrected chi connectivity index (χ4v) is 3.45. The van der Waals surface area contributed by atoms with Crippen LogP contribution in [0.1, 0.15) is 23.7 Å². The zero-order valence-corrected chi connectivity index (χ0v) is 13.7. The quantitative estimate of drug-likeness (QED) is 0.744. The highest BCUT2D eigenvalue weighted by Crippen LogP contribution is 2.23. The van der Waals surface area contributed by atoms with Crippen LogP contribution < -0.4 is 10.6 Å². The van der Waals surface area contributed by atoms with Crippen LogP contribution in [0.4, 0.5) is 0 Å². The van der Waals surface area contributed by atoms with Crippen molar-refractivity contribution in [2.75, 3.05) is 31.3 Å². The van der Waals surface area contributed by atoms with Crippen LogP contribution in [0.15, 0.2) is 30.3 Å². The summed E-state index contributed by atoms with van der Waals surface area (Å²) in [5.74, 6) is 1.09. The lowest BCUT2D eigenvalue weighted by atomic mass is 10.1. The molecule has 120 valence electrons.